The third-order valence-electron chi connectivity index (χ3n) is 2.91. The summed E-state index contributed by atoms with van der Waals surface area (Å²) < 4.78 is 0. The largest absolute Gasteiger partial charge is 0.389 e. The number of aromatic nitrogens is 2. The van der Waals surface area contributed by atoms with E-state index in [2.05, 4.69) is 41.2 Å². The van der Waals surface area contributed by atoms with Crippen molar-refractivity contribution in [1.29, 1.82) is 0 Å². The van der Waals surface area contributed by atoms with E-state index in [0.717, 1.165) is 22.8 Å². The third kappa shape index (κ3) is 3.78. The summed E-state index contributed by atoms with van der Waals surface area (Å²) >= 11 is 1.72. The second-order valence-electron chi connectivity index (χ2n) is 4.60. The first kappa shape index (κ1) is 14.0. The highest BCUT2D eigenvalue weighted by atomic mass is 32.2. The molecule has 0 radical (unpaired) electrons. The molecule has 0 aliphatic rings. The van der Waals surface area contributed by atoms with Gasteiger partial charge in [-0.3, -0.25) is 0 Å². The zero-order valence-electron chi connectivity index (χ0n) is 11.4. The molecule has 2 aromatic rings. The molecule has 0 fully saturated rings. The Morgan fingerprint density at radius 2 is 1.89 bits per heavy atom. The van der Waals surface area contributed by atoms with Gasteiger partial charge in [-0.2, -0.15) is 0 Å². The summed E-state index contributed by atoms with van der Waals surface area (Å²) in [6, 6.07) is 8.42. The summed E-state index contributed by atoms with van der Waals surface area (Å²) in [5.74, 6) is 1.54. The highest BCUT2D eigenvalue weighted by Gasteiger charge is 2.08. The number of hydrogen-bond donors (Lipinski definition) is 1. The average molecular weight is 274 g/mol. The Bertz CT molecular complexity index is 553. The minimum Gasteiger partial charge on any atom is -0.389 e. The first-order valence-corrected chi connectivity index (χ1v) is 7.25. The Balaban J connectivity index is 2.04. The number of rotatable bonds is 4. The van der Waals surface area contributed by atoms with Gasteiger partial charge < -0.3 is 5.11 Å². The van der Waals surface area contributed by atoms with Crippen LogP contribution in [0.3, 0.4) is 0 Å². The first-order valence-electron chi connectivity index (χ1n) is 6.26. The van der Waals surface area contributed by atoms with Crippen LogP contribution in [0.25, 0.3) is 0 Å². The normalized spacial score (nSPS) is 12.4. The van der Waals surface area contributed by atoms with Crippen molar-refractivity contribution in [3.05, 3.63) is 53.1 Å². The average Bonchev–Trinajstić information content (AvgIpc) is 2.37. The van der Waals surface area contributed by atoms with Gasteiger partial charge in [-0.1, -0.05) is 17.7 Å². The van der Waals surface area contributed by atoms with Gasteiger partial charge in [-0.05, 0) is 32.9 Å². The van der Waals surface area contributed by atoms with Gasteiger partial charge >= 0.3 is 0 Å². The highest BCUT2D eigenvalue weighted by molar-refractivity contribution is 7.98. The SMILES string of the molecule is Cc1ccc(SCc2ncc(C(C)O)c(C)n2)cc1. The van der Waals surface area contributed by atoms with E-state index in [9.17, 15) is 5.11 Å². The maximum atomic E-state index is 9.54. The Kier molecular flexibility index (Phi) is 4.56. The van der Waals surface area contributed by atoms with Crippen molar-refractivity contribution >= 4 is 11.8 Å². The fraction of sp³-hybridized carbons (Fsp3) is 0.333. The fourth-order valence-corrected chi connectivity index (χ4v) is 2.55. The van der Waals surface area contributed by atoms with Crippen molar-refractivity contribution in [1.82, 2.24) is 9.97 Å². The smallest absolute Gasteiger partial charge is 0.138 e. The molecular formula is C15H18N2OS. The summed E-state index contributed by atoms with van der Waals surface area (Å²) in [7, 11) is 0. The molecular weight excluding hydrogens is 256 g/mol. The Morgan fingerprint density at radius 1 is 1.21 bits per heavy atom. The molecule has 0 amide bonds. The number of hydrogen-bond acceptors (Lipinski definition) is 4. The zero-order chi connectivity index (χ0) is 13.8. The molecule has 0 bridgehead atoms. The summed E-state index contributed by atoms with van der Waals surface area (Å²) in [4.78, 5) is 9.95. The summed E-state index contributed by atoms with van der Waals surface area (Å²) in [5, 5.41) is 9.54. The van der Waals surface area contributed by atoms with E-state index in [1.54, 1.807) is 24.9 Å². The molecule has 100 valence electrons. The minimum atomic E-state index is -0.515. The molecule has 2 rings (SSSR count). The summed E-state index contributed by atoms with van der Waals surface area (Å²) in [6.07, 6.45) is 1.21. The molecule has 4 heteroatoms. The van der Waals surface area contributed by atoms with E-state index in [0.29, 0.717) is 0 Å². The summed E-state index contributed by atoms with van der Waals surface area (Å²) in [6.45, 7) is 5.71. The molecule has 0 saturated carbocycles. The van der Waals surface area contributed by atoms with Crippen molar-refractivity contribution in [2.45, 2.75) is 37.5 Å². The van der Waals surface area contributed by atoms with E-state index in [1.165, 1.54) is 10.5 Å². The van der Waals surface area contributed by atoms with E-state index in [1.807, 2.05) is 6.92 Å². The van der Waals surface area contributed by atoms with Crippen LogP contribution in [-0.2, 0) is 5.75 Å². The van der Waals surface area contributed by atoms with Gasteiger partial charge in [-0.25, -0.2) is 9.97 Å². The molecule has 3 nitrogen and oxygen atoms in total. The van der Waals surface area contributed by atoms with Crippen molar-refractivity contribution in [2.24, 2.45) is 0 Å². The van der Waals surface area contributed by atoms with E-state index >= 15 is 0 Å². The predicted octanol–water partition coefficient (Wildman–Crippen LogP) is 3.44. The molecule has 1 aromatic carbocycles. The molecule has 1 unspecified atom stereocenters. The lowest BCUT2D eigenvalue weighted by Crippen LogP contribution is -2.02. The Hall–Kier alpha value is -1.39. The topological polar surface area (TPSA) is 46.0 Å². The maximum absolute atomic E-state index is 9.54. The molecule has 0 spiro atoms. The number of aryl methyl sites for hydroxylation is 2. The van der Waals surface area contributed by atoms with Gasteiger partial charge in [0.25, 0.3) is 0 Å². The van der Waals surface area contributed by atoms with E-state index < -0.39 is 6.10 Å². The molecule has 0 aliphatic carbocycles. The Morgan fingerprint density at radius 3 is 2.47 bits per heavy atom. The molecule has 1 atom stereocenters. The third-order valence-corrected chi connectivity index (χ3v) is 3.91. The number of thioether (sulfide) groups is 1. The standard InChI is InChI=1S/C15H18N2OS/c1-10-4-6-13(7-5-10)19-9-15-16-8-14(12(3)18)11(2)17-15/h4-8,12,18H,9H2,1-3H3. The molecule has 1 aromatic heterocycles. The van der Waals surface area contributed by atoms with Crippen LogP contribution in [0.5, 0.6) is 0 Å². The maximum Gasteiger partial charge on any atom is 0.138 e. The quantitative estimate of drug-likeness (QED) is 0.868. The number of benzene rings is 1. The van der Waals surface area contributed by atoms with E-state index in [4.69, 9.17) is 0 Å². The van der Waals surface area contributed by atoms with Crippen LogP contribution in [-0.4, -0.2) is 15.1 Å². The molecule has 19 heavy (non-hydrogen) atoms. The lowest BCUT2D eigenvalue weighted by Gasteiger charge is -2.09. The van der Waals surface area contributed by atoms with Crippen LogP contribution in [0.15, 0.2) is 35.4 Å². The zero-order valence-corrected chi connectivity index (χ0v) is 12.2. The molecule has 1 heterocycles. The van der Waals surface area contributed by atoms with Crippen LogP contribution in [0.2, 0.25) is 0 Å². The summed E-state index contributed by atoms with van der Waals surface area (Å²) in [5.41, 5.74) is 2.91. The lowest BCUT2D eigenvalue weighted by atomic mass is 10.1. The minimum absolute atomic E-state index is 0.515. The number of aliphatic hydroxyl groups excluding tert-OH is 1. The van der Waals surface area contributed by atoms with Crippen molar-refractivity contribution in [2.75, 3.05) is 0 Å². The van der Waals surface area contributed by atoms with Gasteiger partial charge in [0, 0.05) is 22.3 Å². The van der Waals surface area contributed by atoms with Crippen LogP contribution in [0, 0.1) is 13.8 Å². The number of nitrogens with zero attached hydrogens (tertiary/aromatic N) is 2. The first-order chi connectivity index (χ1) is 9.06. The van der Waals surface area contributed by atoms with Crippen molar-refractivity contribution in [3.63, 3.8) is 0 Å². The van der Waals surface area contributed by atoms with Gasteiger partial charge in [0.2, 0.25) is 0 Å². The second-order valence-corrected chi connectivity index (χ2v) is 5.65. The van der Waals surface area contributed by atoms with Crippen LogP contribution >= 0.6 is 11.8 Å². The van der Waals surface area contributed by atoms with Crippen molar-refractivity contribution < 1.29 is 5.11 Å². The van der Waals surface area contributed by atoms with Crippen LogP contribution < -0.4 is 0 Å². The molecule has 1 N–H and O–H groups in total. The van der Waals surface area contributed by atoms with Crippen molar-refractivity contribution in [3.8, 4) is 0 Å². The fourth-order valence-electron chi connectivity index (χ4n) is 1.79. The highest BCUT2D eigenvalue weighted by Crippen LogP contribution is 2.22. The Labute approximate surface area is 118 Å². The predicted molar refractivity (Wildman–Crippen MR) is 78.1 cm³/mol. The van der Waals surface area contributed by atoms with Crippen LogP contribution in [0.1, 0.15) is 35.7 Å². The van der Waals surface area contributed by atoms with Gasteiger partial charge in [0.1, 0.15) is 5.82 Å². The van der Waals surface area contributed by atoms with Gasteiger partial charge in [0.05, 0.1) is 11.9 Å². The molecule has 0 saturated heterocycles. The van der Waals surface area contributed by atoms with Gasteiger partial charge in [0.15, 0.2) is 0 Å². The van der Waals surface area contributed by atoms with Crippen LogP contribution in [0.4, 0.5) is 0 Å². The lowest BCUT2D eigenvalue weighted by molar-refractivity contribution is 0.197. The monoisotopic (exact) mass is 274 g/mol. The number of aliphatic hydroxyl groups is 1. The molecule has 0 aliphatic heterocycles. The second kappa shape index (κ2) is 6.17. The van der Waals surface area contributed by atoms with Gasteiger partial charge in [-0.15, -0.1) is 11.8 Å². The van der Waals surface area contributed by atoms with E-state index in [-0.39, 0.29) is 0 Å².